The van der Waals surface area contributed by atoms with Crippen molar-refractivity contribution in [1.29, 1.82) is 0 Å². The van der Waals surface area contributed by atoms with Crippen molar-refractivity contribution in [2.75, 3.05) is 0 Å². The minimum Gasteiger partial charge on any atom is -2.00 e. The monoisotopic (exact) mass is 3210 g/mol. The Bertz CT molecular complexity index is 2520. The summed E-state index contributed by atoms with van der Waals surface area (Å²) < 4.78 is 69.5. The molecule has 0 saturated heterocycles. The van der Waals surface area contributed by atoms with Gasteiger partial charge in [-0.1, -0.05) is 36.5 Å². The van der Waals surface area contributed by atoms with Crippen molar-refractivity contribution in [2.45, 2.75) is 0 Å². The third-order valence-corrected chi connectivity index (χ3v) is 5.87. The number of hydrogen-bond donors (Lipinski definition) is 10. The third-order valence-electron chi connectivity index (χ3n) is 5.87. The maximum atomic E-state index is 8.77. The van der Waals surface area contributed by atoms with Crippen LogP contribution in [0, 0.1) is 0 Å². The first-order valence-corrected chi connectivity index (χ1v) is 32.1. The summed E-state index contributed by atoms with van der Waals surface area (Å²) in [6.07, 6.45) is 35.5. The van der Waals surface area contributed by atoms with Gasteiger partial charge < -0.3 is 363 Å². The molecule has 0 fully saturated rings. The second kappa shape index (κ2) is 229. The van der Waals surface area contributed by atoms with Gasteiger partial charge in [0.1, 0.15) is 0 Å². The molecule has 6 heterocycles. The summed E-state index contributed by atoms with van der Waals surface area (Å²) in [5.74, 6) is 0. The number of hydrogen-bond acceptors (Lipinski definition) is 30. The first-order valence-electron chi connectivity index (χ1n) is 20.1. The predicted molar refractivity (Wildman–Crippen MR) is 305 cm³/mol. The molecule has 1 radical (unpaired) electrons. The summed E-state index contributed by atoms with van der Waals surface area (Å²) >= 11 is 0. The number of nitrogens with one attached hydrogen (secondary N) is 6. The molecule has 0 saturated carbocycles. The normalized spacial score (nSPS) is 6.87. The quantitative estimate of drug-likeness (QED) is 0.0243. The maximum absolute atomic E-state index is 8.77. The van der Waals surface area contributed by atoms with Gasteiger partial charge in [-0.05, 0) is 33.4 Å². The van der Waals surface area contributed by atoms with Crippen LogP contribution in [-0.2, 0) is 438 Å². The van der Waals surface area contributed by atoms with Gasteiger partial charge in [0.2, 0.25) is 0 Å². The van der Waals surface area contributed by atoms with Crippen molar-refractivity contribution in [3.63, 3.8) is 0 Å². The van der Waals surface area contributed by atoms with Crippen molar-refractivity contribution < 1.29 is 672 Å². The fourth-order valence-electron chi connectivity index (χ4n) is 3.64. The molecule has 0 amide bonds. The Morgan fingerprint density at radius 3 is 0.267 bits per heavy atom. The second-order valence-corrected chi connectivity index (χ2v) is 20.4. The molecule has 0 aliphatic carbocycles. The van der Waals surface area contributed by atoms with Gasteiger partial charge in [0.15, 0.2) is 74.4 Å². The number of pyridine rings is 6. The molecule has 99 heteroatoms. The van der Waals surface area contributed by atoms with Gasteiger partial charge in [-0.3, -0.25) is 9.13 Å². The van der Waals surface area contributed by atoms with Crippen molar-refractivity contribution in [1.82, 2.24) is 0 Å². The van der Waals surface area contributed by atoms with Crippen LogP contribution >= 0.6 is 62.6 Å². The third kappa shape index (κ3) is 577. The summed E-state index contributed by atoms with van der Waals surface area (Å²) in [5.41, 5.74) is 7.15. The first kappa shape index (κ1) is 386. The summed E-state index contributed by atoms with van der Waals surface area (Å²) in [7, 11) is -40.6. The van der Waals surface area contributed by atoms with Gasteiger partial charge in [0.25, 0.3) is 15.6 Å². The van der Waals surface area contributed by atoms with E-state index in [9.17, 15) is 0 Å². The fourth-order valence-corrected chi connectivity index (χ4v) is 3.64. The summed E-state index contributed by atoms with van der Waals surface area (Å²) in [5, 5.41) is 24.0. The fraction of sp³-hybridized carbons (Fsp3) is 0. The second-order valence-electron chi connectivity index (χ2n) is 12.8. The van der Waals surface area contributed by atoms with Crippen molar-refractivity contribution in [3.05, 3.63) is 181 Å². The Hall–Kier alpha value is 2.18. The first-order chi connectivity index (χ1) is 38.8. The number of aromatic amines is 6. The van der Waals surface area contributed by atoms with Crippen LogP contribution in [0.25, 0.3) is 36.5 Å². The molecule has 78 nitrogen and oxygen atoms in total. The Balaban J connectivity index is -0.00000000926. The van der Waals surface area contributed by atoms with E-state index in [0.717, 1.165) is 0 Å². The van der Waals surface area contributed by atoms with E-state index in [4.69, 9.17) is 164 Å². The van der Waals surface area contributed by atoms with Crippen molar-refractivity contribution in [3.8, 4) is 0 Å². The maximum Gasteiger partial charge on any atom is 4.00 e. The summed E-state index contributed by atoms with van der Waals surface area (Å²) in [6.45, 7) is 0. The van der Waals surface area contributed by atoms with E-state index in [1.165, 1.54) is 33.4 Å². The molecule has 849 valence electrons. The minimum absolute atomic E-state index is 0. The zero-order valence-electron chi connectivity index (χ0n) is 62.9. The van der Waals surface area contributed by atoms with Crippen LogP contribution in [0.15, 0.2) is 147 Å². The molecule has 0 bridgehead atoms. The standard InChI is InChI=1S/3C12H10N2.Fe.12Mo.8H3O4P.2H2O2.12H2O.24O/c3*1(11-3-7-13-8-4-11)2-12-5-9-14-10-6-12;;;;;;;;;;;;;;8*1-5(2,3)4;2*1-2;;;;;;;;;;;;;;;;;;;;;;;;;;;;;;;;;;;;/h3*1-10H;;;;;;;;;;;;;;8*(H3,1,2,3,4);2*1H2;12*1H2;;;;;;;;;;;;;;;;;;;;;;;;/q;;;+3;;;;;;;;;;;;+4;;;;;;;;;;;;;;;;;;;;;;;24*-2/p-14/b3*2-1+;;;;;;;;;;;;;;;;;;;;;;;;;;;;;;;;;;;;;;;;;;;;;;;;;;;;;;;;;;;. The zero-order valence-corrected chi connectivity index (χ0v) is 95.2. The molecule has 6 aromatic rings. The molecular formula is C36H68FeMo12N6O72P8-55. The Labute approximate surface area is 941 Å². The topological polar surface area (TPSA) is 1890 Å². The summed E-state index contributed by atoms with van der Waals surface area (Å²) in [6, 6.07) is 24.4. The Kier molecular flexibility index (Phi) is 656. The molecule has 6 aromatic heterocycles. The van der Waals surface area contributed by atoms with E-state index in [1.807, 2.05) is 147 Å². The molecule has 135 heavy (non-hydrogen) atoms. The molecular weight excluding hydrogens is 3120 g/mol. The van der Waals surface area contributed by atoms with Crippen LogP contribution in [0.4, 0.5) is 0 Å². The number of H-pyrrole nitrogens is 6. The van der Waals surface area contributed by atoms with E-state index in [2.05, 4.69) is 76.9 Å². The largest absolute Gasteiger partial charge is 4.00 e. The van der Waals surface area contributed by atoms with E-state index in [-0.39, 0.29) is 467 Å². The van der Waals surface area contributed by atoms with E-state index in [1.54, 1.807) is 0 Å². The zero-order chi connectivity index (χ0) is 68.9. The van der Waals surface area contributed by atoms with E-state index < -0.39 is 62.6 Å². The van der Waals surface area contributed by atoms with Crippen LogP contribution in [0.2, 0.25) is 0 Å². The van der Waals surface area contributed by atoms with Crippen LogP contribution < -0.4 is 109 Å². The molecule has 38 N–H and O–H groups in total. The molecule has 0 aliphatic heterocycles. The number of phosphoric acid groups is 8. The number of rotatable bonds is 6. The van der Waals surface area contributed by atoms with Gasteiger partial charge in [-0.2, -0.15) is 0 Å². The van der Waals surface area contributed by atoms with Crippen molar-refractivity contribution in [2.24, 2.45) is 0 Å². The van der Waals surface area contributed by atoms with Crippen LogP contribution in [0.1, 0.15) is 33.4 Å². The Morgan fingerprint density at radius 1 is 0.193 bits per heavy atom. The Morgan fingerprint density at radius 2 is 0.230 bits per heavy atom. The van der Waals surface area contributed by atoms with Gasteiger partial charge in [-0.25, -0.2) is 29.9 Å². The molecule has 0 spiro atoms. The van der Waals surface area contributed by atoms with Gasteiger partial charge >= 0.3 is 38.1 Å². The minimum atomic E-state index is -5.14. The summed E-state index contributed by atoms with van der Waals surface area (Å²) in [4.78, 5) is 210. The molecule has 0 atom stereocenters. The molecule has 6 rings (SSSR count). The van der Waals surface area contributed by atoms with Crippen LogP contribution in [-0.4, -0.2) is 125 Å². The average Bonchev–Trinajstić information content (AvgIpc) is 0.940. The average molecular weight is 3190 g/mol. The van der Waals surface area contributed by atoms with E-state index >= 15 is 0 Å². The number of aromatic nitrogens is 6. The molecule has 0 aromatic carbocycles. The molecule has 0 unspecified atom stereocenters. The SMILES string of the molecule is C(=C\c1cc[nH+]cc1)/c1cc[nH+]cc1.C(=C\c1cc[nH+]cc1)/c1cc[nH+]cc1.C(=C\c1cc[nH+]cc1)/c1cc[nH+]cc1.O.O.O.O.O.O.O=P([O-])(O)O.O=P([O-])(O)O.O=P([O-])([O-])O.O=P([O-])([O-])O.O=P([O-])([O-])O.O=P([O-])([O-])O.O=P([O-])([O-])O.O=P([O-])([O-])O.[Fe+3].[Mo+4].[Mo].[Mo].[Mo].[Mo].[Mo].[Mo].[Mo].[Mo].[Mo].[Mo].[Mo].[O-2].[O-2].[O-2].[O-2].[O-2].[O-2].[O-2].[O-2].[O-2].[O-2].[O-2].[O-2].[O-2].[O-2].[O-2].[O-2].[O-2].[O-2].[O-2].[O-2].[O-2].[O-2].[O-2].[O-2].[O-][OH2+].[O-][OH2+].[OH-].[OH-].[OH-].[OH-].[OH-].[OH-]. The van der Waals surface area contributed by atoms with Gasteiger partial charge in [-0.15, -0.1) is 0 Å². The van der Waals surface area contributed by atoms with Crippen LogP contribution in [0.3, 0.4) is 0 Å². The van der Waals surface area contributed by atoms with Crippen molar-refractivity contribution >= 4 is 99.0 Å². The van der Waals surface area contributed by atoms with Gasteiger partial charge in [0.05, 0.1) is 46.9 Å². The van der Waals surface area contributed by atoms with E-state index in [0.29, 0.717) is 0 Å². The van der Waals surface area contributed by atoms with Crippen LogP contribution in [0.5, 0.6) is 0 Å². The smallest absolute Gasteiger partial charge is 2.00 e. The predicted octanol–water partition coefficient (Wildman–Crippen LogP) is -24.7. The van der Waals surface area contributed by atoms with Gasteiger partial charge in [0, 0.05) is 305 Å². The molecule has 0 aliphatic rings.